The molecule has 1 heterocycles. The van der Waals surface area contributed by atoms with Gasteiger partial charge in [-0.25, -0.2) is 0 Å². The van der Waals surface area contributed by atoms with Crippen LogP contribution in [0.2, 0.25) is 5.02 Å². The van der Waals surface area contributed by atoms with E-state index in [1.807, 2.05) is 37.3 Å². The van der Waals surface area contributed by atoms with Gasteiger partial charge in [0.2, 0.25) is 0 Å². The van der Waals surface area contributed by atoms with Crippen LogP contribution in [0.25, 0.3) is 0 Å². The molecule has 2 N–H and O–H groups in total. The Morgan fingerprint density at radius 1 is 1.26 bits per heavy atom. The molecule has 1 aliphatic rings. The Labute approximate surface area is 118 Å². The molecule has 98 valence electrons. The Morgan fingerprint density at radius 3 is 2.95 bits per heavy atom. The Hall–Kier alpha value is -1.51. The van der Waals surface area contributed by atoms with Gasteiger partial charge in [-0.2, -0.15) is 0 Å². The molecule has 0 amide bonds. The van der Waals surface area contributed by atoms with E-state index in [-0.39, 0.29) is 6.04 Å². The Kier molecular flexibility index (Phi) is 3.21. The van der Waals surface area contributed by atoms with E-state index in [1.54, 1.807) is 0 Å². The molecule has 3 heteroatoms. The first-order valence-corrected chi connectivity index (χ1v) is 6.81. The van der Waals surface area contributed by atoms with Crippen molar-refractivity contribution in [2.24, 2.45) is 5.73 Å². The zero-order valence-corrected chi connectivity index (χ0v) is 11.6. The highest BCUT2D eigenvalue weighted by molar-refractivity contribution is 6.31. The van der Waals surface area contributed by atoms with Crippen molar-refractivity contribution < 1.29 is 4.74 Å². The highest BCUT2D eigenvalue weighted by atomic mass is 35.5. The fraction of sp³-hybridized carbons (Fsp3) is 0.250. The summed E-state index contributed by atoms with van der Waals surface area (Å²) in [5.74, 6) is 0.985. The van der Waals surface area contributed by atoms with Gasteiger partial charge in [0.15, 0.2) is 0 Å². The maximum absolute atomic E-state index is 6.38. The number of rotatable bonds is 2. The Bertz CT molecular complexity index is 624. The van der Waals surface area contributed by atoms with Crippen LogP contribution in [0, 0.1) is 6.92 Å². The van der Waals surface area contributed by atoms with Gasteiger partial charge in [0.1, 0.15) is 5.75 Å². The lowest BCUT2D eigenvalue weighted by atomic mass is 9.94. The van der Waals surface area contributed by atoms with Gasteiger partial charge >= 0.3 is 0 Å². The van der Waals surface area contributed by atoms with Crippen LogP contribution >= 0.6 is 11.6 Å². The number of hydrogen-bond donors (Lipinski definition) is 1. The highest BCUT2D eigenvalue weighted by Gasteiger charge is 2.17. The van der Waals surface area contributed by atoms with Crippen LogP contribution in [-0.4, -0.2) is 6.61 Å². The number of nitrogens with two attached hydrogens (primary N) is 1. The van der Waals surface area contributed by atoms with Gasteiger partial charge in [-0.05, 0) is 41.3 Å². The normalized spacial score (nSPS) is 14.9. The molecule has 0 spiro atoms. The van der Waals surface area contributed by atoms with Crippen LogP contribution < -0.4 is 10.5 Å². The smallest absolute Gasteiger partial charge is 0.122 e. The van der Waals surface area contributed by atoms with Crippen molar-refractivity contribution >= 4 is 11.6 Å². The summed E-state index contributed by atoms with van der Waals surface area (Å²) >= 11 is 6.16. The quantitative estimate of drug-likeness (QED) is 0.907. The molecular weight excluding hydrogens is 258 g/mol. The minimum absolute atomic E-state index is 0.149. The summed E-state index contributed by atoms with van der Waals surface area (Å²) in [6.45, 7) is 2.78. The second-order valence-electron chi connectivity index (χ2n) is 4.90. The van der Waals surface area contributed by atoms with E-state index in [0.717, 1.165) is 40.5 Å². The third-order valence-electron chi connectivity index (χ3n) is 3.72. The summed E-state index contributed by atoms with van der Waals surface area (Å²) in [6, 6.07) is 11.9. The number of benzene rings is 2. The van der Waals surface area contributed by atoms with E-state index in [4.69, 9.17) is 22.1 Å². The number of fused-ring (bicyclic) bond motifs is 1. The minimum Gasteiger partial charge on any atom is -0.493 e. The SMILES string of the molecule is Cc1c(Cl)cccc1C(N)c1ccc2c(c1)CCO2. The maximum atomic E-state index is 6.38. The van der Waals surface area contributed by atoms with Crippen LogP contribution in [0.3, 0.4) is 0 Å². The van der Waals surface area contributed by atoms with Crippen LogP contribution in [-0.2, 0) is 6.42 Å². The van der Waals surface area contributed by atoms with E-state index in [2.05, 4.69) is 6.07 Å². The second kappa shape index (κ2) is 4.87. The molecule has 0 bridgehead atoms. The zero-order valence-electron chi connectivity index (χ0n) is 10.8. The summed E-state index contributed by atoms with van der Waals surface area (Å²) in [6.07, 6.45) is 0.963. The van der Waals surface area contributed by atoms with Gasteiger partial charge in [-0.15, -0.1) is 0 Å². The molecule has 0 aliphatic carbocycles. The minimum atomic E-state index is -0.149. The number of hydrogen-bond acceptors (Lipinski definition) is 2. The molecule has 2 nitrogen and oxygen atoms in total. The Balaban J connectivity index is 2.00. The van der Waals surface area contributed by atoms with Crippen molar-refractivity contribution in [1.82, 2.24) is 0 Å². The third-order valence-corrected chi connectivity index (χ3v) is 4.13. The monoisotopic (exact) mass is 273 g/mol. The standard InChI is InChI=1S/C16H16ClNO/c1-10-13(3-2-4-14(10)17)16(18)12-5-6-15-11(9-12)7-8-19-15/h2-6,9,16H,7-8,18H2,1H3. The van der Waals surface area contributed by atoms with Crippen LogP contribution in [0.5, 0.6) is 5.75 Å². The van der Waals surface area contributed by atoms with Crippen molar-refractivity contribution in [3.8, 4) is 5.75 Å². The molecule has 19 heavy (non-hydrogen) atoms. The van der Waals surface area contributed by atoms with Crippen molar-refractivity contribution in [3.05, 3.63) is 63.7 Å². The molecule has 1 aliphatic heterocycles. The maximum Gasteiger partial charge on any atom is 0.122 e. The highest BCUT2D eigenvalue weighted by Crippen LogP contribution is 2.31. The molecular formula is C16H16ClNO. The fourth-order valence-corrected chi connectivity index (χ4v) is 2.72. The first-order valence-electron chi connectivity index (χ1n) is 6.43. The zero-order chi connectivity index (χ0) is 13.4. The lowest BCUT2D eigenvalue weighted by molar-refractivity contribution is 0.357. The molecule has 0 radical (unpaired) electrons. The third kappa shape index (κ3) is 2.22. The summed E-state index contributed by atoms with van der Waals surface area (Å²) in [5, 5.41) is 0.762. The molecule has 0 saturated carbocycles. The largest absolute Gasteiger partial charge is 0.493 e. The average Bonchev–Trinajstić information content (AvgIpc) is 2.88. The van der Waals surface area contributed by atoms with Crippen LogP contribution in [0.1, 0.15) is 28.3 Å². The molecule has 0 aromatic heterocycles. The molecule has 1 unspecified atom stereocenters. The van der Waals surface area contributed by atoms with E-state index >= 15 is 0 Å². The van der Waals surface area contributed by atoms with Gasteiger partial charge in [-0.1, -0.05) is 35.9 Å². The summed E-state index contributed by atoms with van der Waals surface area (Å²) in [5.41, 5.74) is 10.9. The summed E-state index contributed by atoms with van der Waals surface area (Å²) < 4.78 is 5.52. The first kappa shape index (κ1) is 12.5. The van der Waals surface area contributed by atoms with Gasteiger partial charge in [0, 0.05) is 11.4 Å². The average molecular weight is 274 g/mol. The van der Waals surface area contributed by atoms with E-state index < -0.39 is 0 Å². The first-order chi connectivity index (χ1) is 9.16. The van der Waals surface area contributed by atoms with Crippen molar-refractivity contribution in [2.75, 3.05) is 6.61 Å². The molecule has 2 aromatic carbocycles. The molecule has 2 aromatic rings. The van der Waals surface area contributed by atoms with E-state index in [1.165, 1.54) is 5.56 Å². The molecule has 0 fully saturated rings. The molecule has 0 saturated heterocycles. The predicted octanol–water partition coefficient (Wildman–Crippen LogP) is 3.63. The lowest BCUT2D eigenvalue weighted by Crippen LogP contribution is -2.13. The number of halogens is 1. The van der Waals surface area contributed by atoms with Crippen molar-refractivity contribution in [3.63, 3.8) is 0 Å². The Morgan fingerprint density at radius 2 is 2.11 bits per heavy atom. The van der Waals surface area contributed by atoms with Gasteiger partial charge in [0.25, 0.3) is 0 Å². The second-order valence-corrected chi connectivity index (χ2v) is 5.30. The van der Waals surface area contributed by atoms with Crippen LogP contribution in [0.4, 0.5) is 0 Å². The van der Waals surface area contributed by atoms with Gasteiger partial charge < -0.3 is 10.5 Å². The van der Waals surface area contributed by atoms with E-state index in [9.17, 15) is 0 Å². The van der Waals surface area contributed by atoms with Crippen molar-refractivity contribution in [1.29, 1.82) is 0 Å². The lowest BCUT2D eigenvalue weighted by Gasteiger charge is -2.16. The summed E-state index contributed by atoms with van der Waals surface area (Å²) in [7, 11) is 0. The molecule has 1 atom stereocenters. The van der Waals surface area contributed by atoms with Gasteiger partial charge in [-0.3, -0.25) is 0 Å². The predicted molar refractivity (Wildman–Crippen MR) is 77.9 cm³/mol. The molecule has 3 rings (SSSR count). The van der Waals surface area contributed by atoms with Gasteiger partial charge in [0.05, 0.1) is 12.6 Å². The summed E-state index contributed by atoms with van der Waals surface area (Å²) in [4.78, 5) is 0. The fourth-order valence-electron chi connectivity index (χ4n) is 2.54. The van der Waals surface area contributed by atoms with Crippen molar-refractivity contribution in [2.45, 2.75) is 19.4 Å². The van der Waals surface area contributed by atoms with E-state index in [0.29, 0.717) is 0 Å². The topological polar surface area (TPSA) is 35.2 Å². The van der Waals surface area contributed by atoms with Crippen LogP contribution in [0.15, 0.2) is 36.4 Å². The number of ether oxygens (including phenoxy) is 1.